The van der Waals surface area contributed by atoms with Gasteiger partial charge in [0.05, 0.1) is 24.1 Å². The first-order valence-electron chi connectivity index (χ1n) is 11.5. The fourth-order valence-corrected chi connectivity index (χ4v) is 6.64. The zero-order valence-corrected chi connectivity index (χ0v) is 23.3. The molecule has 1 aliphatic rings. The first kappa shape index (κ1) is 25.6. The van der Waals surface area contributed by atoms with Crippen molar-refractivity contribution in [2.45, 2.75) is 116 Å². The van der Waals surface area contributed by atoms with E-state index >= 15 is 0 Å². The molecule has 4 atom stereocenters. The molecule has 4 nitrogen and oxygen atoms in total. The van der Waals surface area contributed by atoms with Crippen LogP contribution in [0, 0.1) is 5.92 Å². The Labute approximate surface area is 187 Å². The zero-order valence-electron chi connectivity index (χ0n) is 21.3. The minimum atomic E-state index is -1.94. The molecule has 0 aromatic carbocycles. The third-order valence-electron chi connectivity index (χ3n) is 7.92. The van der Waals surface area contributed by atoms with Crippen molar-refractivity contribution in [2.24, 2.45) is 5.92 Å². The van der Waals surface area contributed by atoms with Crippen molar-refractivity contribution in [1.29, 1.82) is 0 Å². The van der Waals surface area contributed by atoms with E-state index in [4.69, 9.17) is 14.6 Å². The van der Waals surface area contributed by atoms with E-state index in [1.54, 1.807) is 6.20 Å². The van der Waals surface area contributed by atoms with Gasteiger partial charge in [-0.25, -0.2) is 0 Å². The van der Waals surface area contributed by atoms with E-state index in [1.807, 2.05) is 6.20 Å². The predicted molar refractivity (Wildman–Crippen MR) is 134 cm³/mol. The van der Waals surface area contributed by atoms with Gasteiger partial charge in [0.25, 0.3) is 0 Å². The molecular weight excluding hydrogens is 404 g/mol. The summed E-state index contributed by atoms with van der Waals surface area (Å²) in [6.45, 7) is 25.6. The molecule has 0 unspecified atom stereocenters. The second kappa shape index (κ2) is 8.68. The summed E-state index contributed by atoms with van der Waals surface area (Å²) < 4.78 is 14.1. The van der Waals surface area contributed by atoms with Crippen molar-refractivity contribution in [3.05, 3.63) is 24.0 Å². The molecule has 0 bridgehead atoms. The number of hydrogen-bond acceptors (Lipinski definition) is 4. The molecule has 0 spiro atoms. The Hall–Kier alpha value is -0.696. The minimum absolute atomic E-state index is 0.0985. The van der Waals surface area contributed by atoms with E-state index in [9.17, 15) is 0 Å². The Bertz CT molecular complexity index is 723. The first-order valence-corrected chi connectivity index (χ1v) is 17.3. The summed E-state index contributed by atoms with van der Waals surface area (Å²) in [4.78, 5) is 4.19. The van der Waals surface area contributed by atoms with Crippen LogP contribution < -0.4 is 5.73 Å². The maximum absolute atomic E-state index is 7.06. The predicted octanol–water partition coefficient (Wildman–Crippen LogP) is 6.96. The van der Waals surface area contributed by atoms with Crippen LogP contribution in [0.4, 0.5) is 5.69 Å². The van der Waals surface area contributed by atoms with E-state index in [0.29, 0.717) is 11.8 Å². The second-order valence-electron chi connectivity index (χ2n) is 12.4. The number of hydrogen-bond donors (Lipinski definition) is 1. The van der Waals surface area contributed by atoms with Gasteiger partial charge in [-0.15, -0.1) is 0 Å². The van der Waals surface area contributed by atoms with Crippen LogP contribution in [0.3, 0.4) is 0 Å². The van der Waals surface area contributed by atoms with Crippen molar-refractivity contribution < 1.29 is 8.85 Å². The van der Waals surface area contributed by atoms with Gasteiger partial charge in [0.15, 0.2) is 16.6 Å². The number of pyridine rings is 1. The molecular formula is C24H46N2O2Si2. The van der Waals surface area contributed by atoms with Gasteiger partial charge in [-0.2, -0.15) is 0 Å². The standard InChI is InChI=1S/C24H46N2O2Si2/c1-17-14-18(19-12-13-26-16-20(19)25)15-21(27-29(8,9)23(2,3)4)22(17)28-30(10,11)24(5,6)7/h12-13,16-18,21-22H,14-15,25H2,1-11H3/t17-,18+,21+,22+/m0/s1. The van der Waals surface area contributed by atoms with E-state index in [2.05, 4.69) is 85.7 Å². The molecule has 6 heteroatoms. The fraction of sp³-hybridized carbons (Fsp3) is 0.792. The van der Waals surface area contributed by atoms with Crippen molar-refractivity contribution >= 4 is 22.3 Å². The van der Waals surface area contributed by atoms with Crippen LogP contribution in [-0.4, -0.2) is 33.8 Å². The Kier molecular flexibility index (Phi) is 7.40. The summed E-state index contributed by atoms with van der Waals surface area (Å²) in [5, 5.41) is 0.348. The van der Waals surface area contributed by atoms with Crippen molar-refractivity contribution in [3.63, 3.8) is 0 Å². The second-order valence-corrected chi connectivity index (χ2v) is 21.9. The molecule has 172 valence electrons. The van der Waals surface area contributed by atoms with Gasteiger partial charge in [-0.3, -0.25) is 4.98 Å². The molecule has 0 radical (unpaired) electrons. The van der Waals surface area contributed by atoms with Crippen LogP contribution in [0.5, 0.6) is 0 Å². The Morgan fingerprint density at radius 3 is 1.97 bits per heavy atom. The topological polar surface area (TPSA) is 57.4 Å². The normalized spacial score (nSPS) is 26.6. The highest BCUT2D eigenvalue weighted by Crippen LogP contribution is 2.47. The summed E-state index contributed by atoms with van der Waals surface area (Å²) in [7, 11) is -3.85. The van der Waals surface area contributed by atoms with Gasteiger partial charge in [-0.05, 0) is 72.6 Å². The van der Waals surface area contributed by atoms with E-state index in [0.717, 1.165) is 18.5 Å². The monoisotopic (exact) mass is 450 g/mol. The molecule has 0 amide bonds. The maximum Gasteiger partial charge on any atom is 0.192 e. The van der Waals surface area contributed by atoms with Gasteiger partial charge < -0.3 is 14.6 Å². The van der Waals surface area contributed by atoms with Crippen LogP contribution in [0.15, 0.2) is 18.5 Å². The molecule has 2 rings (SSSR count). The van der Waals surface area contributed by atoms with Gasteiger partial charge in [0.2, 0.25) is 0 Å². The quantitative estimate of drug-likeness (QED) is 0.493. The molecule has 0 saturated heterocycles. The summed E-state index contributed by atoms with van der Waals surface area (Å²) >= 11 is 0. The van der Waals surface area contributed by atoms with Crippen LogP contribution in [0.25, 0.3) is 0 Å². The van der Waals surface area contributed by atoms with E-state index in [1.165, 1.54) is 5.56 Å². The zero-order chi connectivity index (χ0) is 23.1. The molecule has 1 aromatic heterocycles. The summed E-state index contributed by atoms with van der Waals surface area (Å²) in [6, 6.07) is 2.09. The first-order chi connectivity index (χ1) is 13.5. The third kappa shape index (κ3) is 5.56. The number of rotatable bonds is 5. The maximum atomic E-state index is 7.06. The highest BCUT2D eigenvalue weighted by atomic mass is 28.4. The Balaban J connectivity index is 2.39. The number of nitrogens with zero attached hydrogens (tertiary/aromatic N) is 1. The third-order valence-corrected chi connectivity index (χ3v) is 16.9. The summed E-state index contributed by atoms with van der Waals surface area (Å²) in [6.07, 6.45) is 5.91. The Morgan fingerprint density at radius 1 is 0.933 bits per heavy atom. The lowest BCUT2D eigenvalue weighted by atomic mass is 9.75. The van der Waals surface area contributed by atoms with Gasteiger partial charge in [-0.1, -0.05) is 48.5 Å². The van der Waals surface area contributed by atoms with Crippen molar-refractivity contribution in [3.8, 4) is 0 Å². The molecule has 30 heavy (non-hydrogen) atoms. The van der Waals surface area contributed by atoms with Crippen LogP contribution in [0.2, 0.25) is 36.3 Å². The molecule has 1 fully saturated rings. The fourth-order valence-electron chi connectivity index (χ4n) is 3.88. The summed E-state index contributed by atoms with van der Waals surface area (Å²) in [5.41, 5.74) is 8.32. The van der Waals surface area contributed by atoms with Crippen molar-refractivity contribution in [1.82, 2.24) is 4.98 Å². The lowest BCUT2D eigenvalue weighted by Crippen LogP contribution is -2.55. The lowest BCUT2D eigenvalue weighted by Gasteiger charge is -2.50. The Morgan fingerprint density at radius 2 is 1.47 bits per heavy atom. The highest BCUT2D eigenvalue weighted by molar-refractivity contribution is 6.74. The van der Waals surface area contributed by atoms with Crippen molar-refractivity contribution in [2.75, 3.05) is 5.73 Å². The number of nitrogens with two attached hydrogens (primary N) is 1. The minimum Gasteiger partial charge on any atom is -0.411 e. The molecule has 1 aliphatic carbocycles. The average Bonchev–Trinajstić information content (AvgIpc) is 2.55. The van der Waals surface area contributed by atoms with Crippen LogP contribution in [0.1, 0.15) is 72.8 Å². The summed E-state index contributed by atoms with van der Waals surface area (Å²) in [5.74, 6) is 0.803. The van der Waals surface area contributed by atoms with Crippen LogP contribution >= 0.6 is 0 Å². The molecule has 1 aromatic rings. The smallest absolute Gasteiger partial charge is 0.192 e. The molecule has 0 aliphatic heterocycles. The molecule has 2 N–H and O–H groups in total. The van der Waals surface area contributed by atoms with Gasteiger partial charge >= 0.3 is 0 Å². The number of aromatic nitrogens is 1. The van der Waals surface area contributed by atoms with E-state index < -0.39 is 16.6 Å². The van der Waals surface area contributed by atoms with E-state index in [-0.39, 0.29) is 22.3 Å². The highest BCUT2D eigenvalue weighted by Gasteiger charge is 2.48. The SMILES string of the molecule is C[C@H]1C[C@@H](c2ccncc2N)C[C@@H](O[Si](C)(C)C(C)(C)C)[C@@H]1O[Si](C)(C)C(C)(C)C. The van der Waals surface area contributed by atoms with Crippen LogP contribution in [-0.2, 0) is 8.85 Å². The van der Waals surface area contributed by atoms with Gasteiger partial charge in [0, 0.05) is 6.20 Å². The molecule has 1 saturated carbocycles. The largest absolute Gasteiger partial charge is 0.411 e. The van der Waals surface area contributed by atoms with Gasteiger partial charge in [0.1, 0.15) is 0 Å². The lowest BCUT2D eigenvalue weighted by molar-refractivity contribution is -0.0304. The molecule has 1 heterocycles. The number of anilines is 1. The average molecular weight is 451 g/mol. The number of nitrogen functional groups attached to an aromatic ring is 1.